The highest BCUT2D eigenvalue weighted by Crippen LogP contribution is 2.28. The van der Waals surface area contributed by atoms with E-state index in [2.05, 4.69) is 0 Å². The average Bonchev–Trinajstić information content (AvgIpc) is 2.55. The lowest BCUT2D eigenvalue weighted by molar-refractivity contribution is 0.0753. The van der Waals surface area contributed by atoms with Crippen LogP contribution in [0, 0.1) is 5.82 Å². The first-order valence-corrected chi connectivity index (χ1v) is 9.01. The van der Waals surface area contributed by atoms with Crippen LogP contribution in [0.4, 0.5) is 4.39 Å². The maximum Gasteiger partial charge on any atom is 0.256 e. The second-order valence-corrected chi connectivity index (χ2v) is 7.80. The molecule has 1 aliphatic heterocycles. The molecule has 2 aromatic carbocycles. The van der Waals surface area contributed by atoms with E-state index >= 15 is 0 Å². The van der Waals surface area contributed by atoms with Gasteiger partial charge >= 0.3 is 0 Å². The zero-order valence-electron chi connectivity index (χ0n) is 12.4. The van der Waals surface area contributed by atoms with Crippen LogP contribution in [0.2, 0.25) is 0 Å². The second-order valence-electron chi connectivity index (χ2n) is 5.50. The van der Waals surface area contributed by atoms with E-state index < -0.39 is 26.8 Å². The first-order valence-electron chi connectivity index (χ1n) is 7.29. The quantitative estimate of drug-likeness (QED) is 0.848. The molecule has 0 aliphatic carbocycles. The van der Waals surface area contributed by atoms with E-state index in [4.69, 9.17) is 0 Å². The number of carbonyl (C=O) groups excluding carboxylic acids is 1. The predicted octanol–water partition coefficient (Wildman–Crippen LogP) is 2.44. The molecule has 0 saturated carbocycles. The zero-order chi connectivity index (χ0) is 16.4. The van der Waals surface area contributed by atoms with Crippen molar-refractivity contribution in [2.75, 3.05) is 18.8 Å². The number of halogens is 1. The van der Waals surface area contributed by atoms with E-state index in [0.717, 1.165) is 0 Å². The lowest BCUT2D eigenvalue weighted by Crippen LogP contribution is -2.45. The summed E-state index contributed by atoms with van der Waals surface area (Å²) in [5, 5.41) is -0.770. The molecule has 1 aliphatic rings. The fourth-order valence-corrected chi connectivity index (χ4v) is 4.49. The minimum Gasteiger partial charge on any atom is -0.336 e. The van der Waals surface area contributed by atoms with Crippen LogP contribution >= 0.6 is 0 Å². The molecule has 2 aromatic rings. The summed E-state index contributed by atoms with van der Waals surface area (Å²) in [7, 11) is -3.32. The summed E-state index contributed by atoms with van der Waals surface area (Å²) in [4.78, 5) is 13.9. The summed E-state index contributed by atoms with van der Waals surface area (Å²) in [6.07, 6.45) is 0. The molecular weight excluding hydrogens is 317 g/mol. The lowest BCUT2D eigenvalue weighted by atomic mass is 10.1. The van der Waals surface area contributed by atoms with Crippen LogP contribution in [0.1, 0.15) is 21.2 Å². The van der Waals surface area contributed by atoms with Crippen LogP contribution in [0.5, 0.6) is 0 Å². The number of hydrogen-bond acceptors (Lipinski definition) is 3. The molecule has 0 radical (unpaired) electrons. The van der Waals surface area contributed by atoms with Crippen LogP contribution in [-0.2, 0) is 9.84 Å². The number of amides is 1. The highest BCUT2D eigenvalue weighted by atomic mass is 32.2. The predicted molar refractivity (Wildman–Crippen MR) is 85.3 cm³/mol. The molecule has 23 heavy (non-hydrogen) atoms. The van der Waals surface area contributed by atoms with Gasteiger partial charge in [0.1, 0.15) is 11.1 Å². The molecule has 1 amide bonds. The second kappa shape index (κ2) is 6.12. The number of rotatable bonds is 2. The topological polar surface area (TPSA) is 54.5 Å². The maximum atomic E-state index is 13.8. The third-order valence-electron chi connectivity index (χ3n) is 4.03. The summed E-state index contributed by atoms with van der Waals surface area (Å²) >= 11 is 0. The maximum absolute atomic E-state index is 13.8. The smallest absolute Gasteiger partial charge is 0.256 e. The van der Waals surface area contributed by atoms with Crippen molar-refractivity contribution in [3.63, 3.8) is 0 Å². The minimum atomic E-state index is -3.32. The van der Waals surface area contributed by atoms with E-state index in [1.165, 1.54) is 23.1 Å². The molecule has 0 bridgehead atoms. The first-order chi connectivity index (χ1) is 11.0. The van der Waals surface area contributed by atoms with Crippen molar-refractivity contribution >= 4 is 15.7 Å². The molecule has 6 heteroatoms. The van der Waals surface area contributed by atoms with Gasteiger partial charge in [0.2, 0.25) is 0 Å². The normalized spacial score (nSPS) is 20.2. The van der Waals surface area contributed by atoms with E-state index in [1.807, 2.05) is 0 Å². The molecule has 0 N–H and O–H groups in total. The van der Waals surface area contributed by atoms with Gasteiger partial charge in [-0.25, -0.2) is 12.8 Å². The molecule has 4 nitrogen and oxygen atoms in total. The Balaban J connectivity index is 1.89. The molecule has 3 rings (SSSR count). The van der Waals surface area contributed by atoms with Crippen LogP contribution in [0.3, 0.4) is 0 Å². The minimum absolute atomic E-state index is 0.0291. The van der Waals surface area contributed by atoms with Crippen molar-refractivity contribution in [3.05, 3.63) is 71.5 Å². The van der Waals surface area contributed by atoms with Crippen molar-refractivity contribution in [2.24, 2.45) is 0 Å². The van der Waals surface area contributed by atoms with Gasteiger partial charge in [0.25, 0.3) is 5.91 Å². The Morgan fingerprint density at radius 2 is 1.70 bits per heavy atom. The third kappa shape index (κ3) is 3.12. The molecule has 1 unspecified atom stereocenters. The third-order valence-corrected chi connectivity index (χ3v) is 6.07. The lowest BCUT2D eigenvalue weighted by Gasteiger charge is -2.33. The summed E-state index contributed by atoms with van der Waals surface area (Å²) in [6.45, 7) is 0.123. The van der Waals surface area contributed by atoms with Gasteiger partial charge in [0, 0.05) is 13.1 Å². The van der Waals surface area contributed by atoms with Crippen molar-refractivity contribution in [3.8, 4) is 0 Å². The Bertz CT molecular complexity index is 821. The molecule has 1 atom stereocenters. The zero-order valence-corrected chi connectivity index (χ0v) is 13.2. The van der Waals surface area contributed by atoms with Crippen molar-refractivity contribution in [1.29, 1.82) is 0 Å². The highest BCUT2D eigenvalue weighted by Gasteiger charge is 2.36. The SMILES string of the molecule is O=C(c1ccccc1F)N1CCS(=O)(=O)C(c2ccccc2)C1. The van der Waals surface area contributed by atoms with Crippen LogP contribution in [0.15, 0.2) is 54.6 Å². The van der Waals surface area contributed by atoms with Gasteiger partial charge in [-0.15, -0.1) is 0 Å². The fraction of sp³-hybridized carbons (Fsp3) is 0.235. The molecule has 120 valence electrons. The largest absolute Gasteiger partial charge is 0.336 e. The van der Waals surface area contributed by atoms with Gasteiger partial charge in [-0.3, -0.25) is 4.79 Å². The van der Waals surface area contributed by atoms with Crippen molar-refractivity contribution in [2.45, 2.75) is 5.25 Å². The average molecular weight is 333 g/mol. The van der Waals surface area contributed by atoms with E-state index in [-0.39, 0.29) is 24.4 Å². The molecule has 1 heterocycles. The monoisotopic (exact) mass is 333 g/mol. The summed E-state index contributed by atoms with van der Waals surface area (Å²) in [5.41, 5.74) is 0.622. The van der Waals surface area contributed by atoms with Gasteiger partial charge in [0.15, 0.2) is 9.84 Å². The highest BCUT2D eigenvalue weighted by molar-refractivity contribution is 7.91. The molecule has 0 aromatic heterocycles. The van der Waals surface area contributed by atoms with E-state index in [1.54, 1.807) is 36.4 Å². The summed E-state index contributed by atoms with van der Waals surface area (Å²) in [5.74, 6) is -1.19. The number of benzene rings is 2. The molecular formula is C17H16FNO3S. The van der Waals surface area contributed by atoms with E-state index in [9.17, 15) is 17.6 Å². The standard InChI is InChI=1S/C17H16FNO3S/c18-15-9-5-4-8-14(15)17(20)19-10-11-23(21,22)16(12-19)13-6-2-1-3-7-13/h1-9,16H,10-12H2. The fourth-order valence-electron chi connectivity index (χ4n) is 2.75. The Kier molecular flexibility index (Phi) is 4.17. The van der Waals surface area contributed by atoms with Gasteiger partial charge in [-0.05, 0) is 17.7 Å². The van der Waals surface area contributed by atoms with Gasteiger partial charge < -0.3 is 4.90 Å². The summed E-state index contributed by atoms with van der Waals surface area (Å²) in [6, 6.07) is 14.6. The Morgan fingerprint density at radius 1 is 1.04 bits per heavy atom. The van der Waals surface area contributed by atoms with Crippen molar-refractivity contribution in [1.82, 2.24) is 4.90 Å². The first kappa shape index (κ1) is 15.7. The number of nitrogens with zero attached hydrogens (tertiary/aromatic N) is 1. The van der Waals surface area contributed by atoms with Crippen LogP contribution in [0.25, 0.3) is 0 Å². The molecule has 0 spiro atoms. The summed E-state index contributed by atoms with van der Waals surface area (Å²) < 4.78 is 38.5. The van der Waals surface area contributed by atoms with Crippen LogP contribution in [-0.4, -0.2) is 38.1 Å². The van der Waals surface area contributed by atoms with Crippen LogP contribution < -0.4 is 0 Å². The number of sulfone groups is 1. The Morgan fingerprint density at radius 3 is 2.39 bits per heavy atom. The molecule has 1 saturated heterocycles. The van der Waals surface area contributed by atoms with Gasteiger partial charge in [-0.2, -0.15) is 0 Å². The van der Waals surface area contributed by atoms with E-state index in [0.29, 0.717) is 5.56 Å². The van der Waals surface area contributed by atoms with Gasteiger partial charge in [0.05, 0.1) is 11.3 Å². The van der Waals surface area contributed by atoms with Gasteiger partial charge in [-0.1, -0.05) is 42.5 Å². The van der Waals surface area contributed by atoms with Crippen molar-refractivity contribution < 1.29 is 17.6 Å². The number of hydrogen-bond donors (Lipinski definition) is 0. The molecule has 1 fully saturated rings. The Labute approximate surface area is 134 Å². The number of carbonyl (C=O) groups is 1. The Hall–Kier alpha value is -2.21.